The smallest absolute Gasteiger partial charge is 0.262 e. The third-order valence-corrected chi connectivity index (χ3v) is 4.06. The summed E-state index contributed by atoms with van der Waals surface area (Å²) in [6, 6.07) is 10.1. The van der Waals surface area contributed by atoms with Gasteiger partial charge < -0.3 is 24.8 Å². The van der Waals surface area contributed by atoms with Crippen molar-refractivity contribution in [2.24, 2.45) is 0 Å². The molecule has 0 radical (unpaired) electrons. The molecule has 142 valence electrons. The van der Waals surface area contributed by atoms with Gasteiger partial charge in [0.15, 0.2) is 6.61 Å². The van der Waals surface area contributed by atoms with E-state index in [1.807, 2.05) is 0 Å². The van der Waals surface area contributed by atoms with Crippen molar-refractivity contribution in [3.8, 4) is 17.2 Å². The molecule has 0 fully saturated rings. The van der Waals surface area contributed by atoms with Crippen LogP contribution in [0.2, 0.25) is 0 Å². The van der Waals surface area contributed by atoms with E-state index in [4.69, 9.17) is 14.2 Å². The number of benzene rings is 2. The van der Waals surface area contributed by atoms with Gasteiger partial charge in [0.1, 0.15) is 17.2 Å². The van der Waals surface area contributed by atoms with E-state index in [-0.39, 0.29) is 18.4 Å². The fraction of sp³-hybridized carbons (Fsp3) is 0.300. The molecule has 27 heavy (non-hydrogen) atoms. The van der Waals surface area contributed by atoms with E-state index in [0.717, 1.165) is 12.8 Å². The Balaban J connectivity index is 1.80. The van der Waals surface area contributed by atoms with Gasteiger partial charge in [-0.3, -0.25) is 9.59 Å². The molecule has 2 aromatic carbocycles. The van der Waals surface area contributed by atoms with Gasteiger partial charge in [-0.1, -0.05) is 13.3 Å². The van der Waals surface area contributed by atoms with Crippen molar-refractivity contribution < 1.29 is 23.8 Å². The monoisotopic (exact) mass is 370 g/mol. The lowest BCUT2D eigenvalue weighted by molar-refractivity contribution is -0.118. The molecule has 0 aromatic heterocycles. The fourth-order valence-electron chi connectivity index (χ4n) is 2.60. The predicted molar refractivity (Wildman–Crippen MR) is 102 cm³/mol. The maximum atomic E-state index is 12.7. The first-order valence-electron chi connectivity index (χ1n) is 8.79. The van der Waals surface area contributed by atoms with Crippen LogP contribution in [-0.4, -0.2) is 32.1 Å². The zero-order valence-corrected chi connectivity index (χ0v) is 15.3. The Morgan fingerprint density at radius 3 is 2.89 bits per heavy atom. The normalized spacial score (nSPS) is 12.4. The van der Waals surface area contributed by atoms with E-state index >= 15 is 0 Å². The van der Waals surface area contributed by atoms with Crippen LogP contribution >= 0.6 is 0 Å². The SMILES string of the molecule is CCCCOc1ccc(OC)cc1NC(=O)c1ccc2c(c1)NC(=O)CO2. The maximum absolute atomic E-state index is 12.7. The minimum Gasteiger partial charge on any atom is -0.497 e. The highest BCUT2D eigenvalue weighted by Crippen LogP contribution is 2.32. The van der Waals surface area contributed by atoms with Crippen LogP contribution in [0.1, 0.15) is 30.1 Å². The molecule has 0 spiro atoms. The number of amides is 2. The third kappa shape index (κ3) is 4.49. The van der Waals surface area contributed by atoms with Crippen molar-refractivity contribution in [1.29, 1.82) is 0 Å². The Bertz CT molecular complexity index is 850. The Kier molecular flexibility index (Phi) is 5.80. The minimum atomic E-state index is -0.328. The highest BCUT2D eigenvalue weighted by atomic mass is 16.5. The molecule has 0 bridgehead atoms. The number of ether oxygens (including phenoxy) is 3. The Labute approximate surface area is 157 Å². The van der Waals surface area contributed by atoms with Crippen LogP contribution in [0.5, 0.6) is 17.2 Å². The summed E-state index contributed by atoms with van der Waals surface area (Å²) in [7, 11) is 1.56. The Morgan fingerprint density at radius 1 is 1.26 bits per heavy atom. The van der Waals surface area contributed by atoms with Gasteiger partial charge in [0.25, 0.3) is 11.8 Å². The van der Waals surface area contributed by atoms with Gasteiger partial charge in [0.2, 0.25) is 0 Å². The molecule has 3 rings (SSSR count). The van der Waals surface area contributed by atoms with E-state index < -0.39 is 0 Å². The lowest BCUT2D eigenvalue weighted by Gasteiger charge is -2.18. The standard InChI is InChI=1S/C20H22N2O5/c1-3-4-9-26-17-8-6-14(25-2)11-16(17)22-20(24)13-5-7-18-15(10-13)21-19(23)12-27-18/h5-8,10-11H,3-4,9,12H2,1-2H3,(H,21,23)(H,22,24). The summed E-state index contributed by atoms with van der Waals surface area (Å²) in [5.74, 6) is 1.15. The van der Waals surface area contributed by atoms with Crippen LogP contribution in [-0.2, 0) is 4.79 Å². The summed E-state index contributed by atoms with van der Waals surface area (Å²) in [4.78, 5) is 24.2. The zero-order valence-electron chi connectivity index (χ0n) is 15.3. The van der Waals surface area contributed by atoms with E-state index in [2.05, 4.69) is 17.6 Å². The van der Waals surface area contributed by atoms with E-state index in [0.29, 0.717) is 40.8 Å². The number of nitrogens with one attached hydrogen (secondary N) is 2. The second kappa shape index (κ2) is 8.44. The van der Waals surface area contributed by atoms with Gasteiger partial charge in [-0.25, -0.2) is 0 Å². The number of rotatable bonds is 7. The molecule has 2 N–H and O–H groups in total. The number of hydrogen-bond acceptors (Lipinski definition) is 5. The second-order valence-electron chi connectivity index (χ2n) is 6.07. The molecule has 1 heterocycles. The number of methoxy groups -OCH3 is 1. The van der Waals surface area contributed by atoms with Crippen molar-refractivity contribution >= 4 is 23.2 Å². The van der Waals surface area contributed by atoms with Gasteiger partial charge in [0.05, 0.1) is 25.1 Å². The van der Waals surface area contributed by atoms with E-state index in [9.17, 15) is 9.59 Å². The lowest BCUT2D eigenvalue weighted by Crippen LogP contribution is -2.25. The first kappa shape index (κ1) is 18.6. The van der Waals surface area contributed by atoms with Crippen molar-refractivity contribution in [1.82, 2.24) is 0 Å². The first-order chi connectivity index (χ1) is 13.1. The van der Waals surface area contributed by atoms with Gasteiger partial charge in [0, 0.05) is 11.6 Å². The largest absolute Gasteiger partial charge is 0.497 e. The quantitative estimate of drug-likeness (QED) is 0.729. The summed E-state index contributed by atoms with van der Waals surface area (Å²) in [5.41, 5.74) is 1.39. The number of anilines is 2. The molecule has 0 saturated carbocycles. The molecular weight excluding hydrogens is 348 g/mol. The van der Waals surface area contributed by atoms with Crippen LogP contribution in [0.15, 0.2) is 36.4 Å². The number of fused-ring (bicyclic) bond motifs is 1. The summed E-state index contributed by atoms with van der Waals surface area (Å²) in [6.07, 6.45) is 1.94. The van der Waals surface area contributed by atoms with Crippen LogP contribution in [0.25, 0.3) is 0 Å². The van der Waals surface area contributed by atoms with E-state index in [1.165, 1.54) is 0 Å². The van der Waals surface area contributed by atoms with E-state index in [1.54, 1.807) is 43.5 Å². The number of unbranched alkanes of at least 4 members (excludes halogenated alkanes) is 1. The molecule has 1 aliphatic rings. The zero-order chi connectivity index (χ0) is 19.2. The van der Waals surface area contributed by atoms with Gasteiger partial charge in [-0.05, 0) is 36.8 Å². The third-order valence-electron chi connectivity index (χ3n) is 4.06. The summed E-state index contributed by atoms with van der Waals surface area (Å²) in [5, 5.41) is 5.54. The van der Waals surface area contributed by atoms with Gasteiger partial charge in [-0.2, -0.15) is 0 Å². The predicted octanol–water partition coefficient (Wildman–Crippen LogP) is 3.46. The van der Waals surface area contributed by atoms with Crippen LogP contribution < -0.4 is 24.8 Å². The molecule has 2 aromatic rings. The molecule has 0 atom stereocenters. The first-order valence-corrected chi connectivity index (χ1v) is 8.79. The van der Waals surface area contributed by atoms with Crippen LogP contribution in [0, 0.1) is 0 Å². The van der Waals surface area contributed by atoms with Crippen molar-refractivity contribution in [2.45, 2.75) is 19.8 Å². The summed E-state index contributed by atoms with van der Waals surface area (Å²) >= 11 is 0. The molecular formula is C20H22N2O5. The number of hydrogen-bond donors (Lipinski definition) is 2. The summed E-state index contributed by atoms with van der Waals surface area (Å²) < 4.78 is 16.3. The lowest BCUT2D eigenvalue weighted by atomic mass is 10.1. The van der Waals surface area contributed by atoms with Gasteiger partial charge in [-0.15, -0.1) is 0 Å². The van der Waals surface area contributed by atoms with Crippen molar-refractivity contribution in [3.05, 3.63) is 42.0 Å². The minimum absolute atomic E-state index is 0.0270. The molecule has 7 heteroatoms. The second-order valence-corrected chi connectivity index (χ2v) is 6.07. The van der Waals surface area contributed by atoms with Gasteiger partial charge >= 0.3 is 0 Å². The highest BCUT2D eigenvalue weighted by Gasteiger charge is 2.18. The van der Waals surface area contributed by atoms with Crippen LogP contribution in [0.4, 0.5) is 11.4 Å². The Morgan fingerprint density at radius 2 is 2.11 bits per heavy atom. The number of carbonyl (C=O) groups is 2. The van der Waals surface area contributed by atoms with Crippen LogP contribution in [0.3, 0.4) is 0 Å². The average Bonchev–Trinajstić information content (AvgIpc) is 2.68. The highest BCUT2D eigenvalue weighted by molar-refractivity contribution is 6.07. The molecule has 0 saturated heterocycles. The molecule has 7 nitrogen and oxygen atoms in total. The molecule has 0 aliphatic carbocycles. The number of carbonyl (C=O) groups excluding carboxylic acids is 2. The summed E-state index contributed by atoms with van der Waals surface area (Å²) in [6.45, 7) is 2.62. The molecule has 2 amide bonds. The Hall–Kier alpha value is -3.22. The van der Waals surface area contributed by atoms with Crippen molar-refractivity contribution in [2.75, 3.05) is 31.0 Å². The molecule has 1 aliphatic heterocycles. The molecule has 0 unspecified atom stereocenters. The fourth-order valence-corrected chi connectivity index (χ4v) is 2.60. The maximum Gasteiger partial charge on any atom is 0.262 e. The topological polar surface area (TPSA) is 85.9 Å². The van der Waals surface area contributed by atoms with Crippen molar-refractivity contribution in [3.63, 3.8) is 0 Å². The average molecular weight is 370 g/mol.